The van der Waals surface area contributed by atoms with Crippen LogP contribution in [0.5, 0.6) is 0 Å². The monoisotopic (exact) mass is 614 g/mol. The lowest BCUT2D eigenvalue weighted by atomic mass is 9.94. The highest BCUT2D eigenvalue weighted by Crippen LogP contribution is 2.39. The molecule has 1 fully saturated rings. The smallest absolute Gasteiger partial charge is 0.346 e. The van der Waals surface area contributed by atoms with E-state index in [9.17, 15) is 27.9 Å². The van der Waals surface area contributed by atoms with Gasteiger partial charge in [-0.05, 0) is 63.5 Å². The van der Waals surface area contributed by atoms with Crippen molar-refractivity contribution in [2.45, 2.75) is 72.9 Å². The van der Waals surface area contributed by atoms with E-state index in [0.29, 0.717) is 35.9 Å². The van der Waals surface area contributed by atoms with E-state index in [0.717, 1.165) is 35.3 Å². The van der Waals surface area contributed by atoms with Gasteiger partial charge < -0.3 is 20.7 Å². The second-order valence-corrected chi connectivity index (χ2v) is 11.4. The first-order valence-corrected chi connectivity index (χ1v) is 14.7. The molecule has 44 heavy (non-hydrogen) atoms. The van der Waals surface area contributed by atoms with Gasteiger partial charge in [0, 0.05) is 42.1 Å². The van der Waals surface area contributed by atoms with Crippen LogP contribution in [0.3, 0.4) is 0 Å². The van der Waals surface area contributed by atoms with Crippen LogP contribution in [0.1, 0.15) is 65.9 Å². The Bertz CT molecular complexity index is 1440. The van der Waals surface area contributed by atoms with Crippen molar-refractivity contribution in [1.82, 2.24) is 15.1 Å². The lowest BCUT2D eigenvalue weighted by molar-refractivity contribution is -0.115. The summed E-state index contributed by atoms with van der Waals surface area (Å²) in [5.41, 5.74) is 2.49. The van der Waals surface area contributed by atoms with E-state index < -0.39 is 36.0 Å². The lowest BCUT2D eigenvalue weighted by Gasteiger charge is -2.25. The lowest BCUT2D eigenvalue weighted by Crippen LogP contribution is -2.43. The molecule has 9 nitrogen and oxygen atoms in total. The maximum atomic E-state index is 14.6. The fourth-order valence-electron chi connectivity index (χ4n) is 4.38. The number of aliphatic imine (C=N–C) groups is 2. The van der Waals surface area contributed by atoms with Gasteiger partial charge in [-0.2, -0.15) is 4.99 Å². The molecule has 12 heteroatoms. The normalized spacial score (nSPS) is 18.7. The van der Waals surface area contributed by atoms with Gasteiger partial charge in [-0.1, -0.05) is 26.3 Å². The Labute approximate surface area is 256 Å². The number of rotatable bonds is 11. The number of urea groups is 1. The number of guanidine groups is 1. The SMILES string of the molecule is CCC(C)/N=C1/C=C(O)C(N/C(=N/C(=O)N(C)CC(=N)C(C)CC)N(C=O)Cc2cc(F)c(F)cc2F)=C/C1=C(/C)C1CC1. The third-order valence-electron chi connectivity index (χ3n) is 7.90. The van der Waals surface area contributed by atoms with Crippen LogP contribution in [0.15, 0.2) is 56.9 Å². The van der Waals surface area contributed by atoms with Gasteiger partial charge in [0.05, 0.1) is 24.5 Å². The number of hydrogen-bond acceptors (Lipinski definition) is 5. The summed E-state index contributed by atoms with van der Waals surface area (Å²) in [6, 6.07) is 0.150. The number of halogens is 3. The second-order valence-electron chi connectivity index (χ2n) is 11.4. The zero-order chi connectivity index (χ0) is 32.7. The number of aliphatic hydroxyl groups excluding tert-OH is 1. The van der Waals surface area contributed by atoms with Gasteiger partial charge in [0.15, 0.2) is 11.6 Å². The molecule has 1 saturated carbocycles. The zero-order valence-electron chi connectivity index (χ0n) is 26.0. The number of amides is 3. The van der Waals surface area contributed by atoms with Crippen LogP contribution in [0.2, 0.25) is 0 Å². The Hall–Kier alpha value is -4.22. The van der Waals surface area contributed by atoms with Crippen molar-refractivity contribution < 1.29 is 27.9 Å². The Kier molecular flexibility index (Phi) is 11.7. The minimum atomic E-state index is -1.39. The minimum absolute atomic E-state index is 0.00467. The number of benzene rings is 1. The van der Waals surface area contributed by atoms with E-state index in [1.165, 1.54) is 18.0 Å². The van der Waals surface area contributed by atoms with E-state index in [1.807, 2.05) is 34.6 Å². The molecule has 0 heterocycles. The van der Waals surface area contributed by atoms with Crippen LogP contribution in [0.25, 0.3) is 0 Å². The van der Waals surface area contributed by atoms with Crippen molar-refractivity contribution in [3.05, 3.63) is 69.9 Å². The van der Waals surface area contributed by atoms with Crippen molar-refractivity contribution in [2.75, 3.05) is 13.6 Å². The summed E-state index contributed by atoms with van der Waals surface area (Å²) in [6.07, 6.45) is 6.95. The molecule has 2 aliphatic rings. The van der Waals surface area contributed by atoms with Gasteiger partial charge in [-0.25, -0.2) is 18.0 Å². The maximum absolute atomic E-state index is 14.6. The van der Waals surface area contributed by atoms with Crippen molar-refractivity contribution in [2.24, 2.45) is 21.8 Å². The highest BCUT2D eigenvalue weighted by atomic mass is 19.2. The molecule has 0 aromatic heterocycles. The molecule has 0 bridgehead atoms. The molecule has 3 N–H and O–H groups in total. The van der Waals surface area contributed by atoms with E-state index in [-0.39, 0.29) is 41.9 Å². The molecule has 0 spiro atoms. The molecule has 0 aliphatic heterocycles. The van der Waals surface area contributed by atoms with E-state index in [2.05, 4.69) is 10.3 Å². The maximum Gasteiger partial charge on any atom is 0.346 e. The molecule has 2 aliphatic carbocycles. The van der Waals surface area contributed by atoms with E-state index in [1.54, 1.807) is 6.08 Å². The summed E-state index contributed by atoms with van der Waals surface area (Å²) in [6.45, 7) is 9.11. The molecule has 3 amide bonds. The molecule has 2 unspecified atom stereocenters. The highest BCUT2D eigenvalue weighted by Gasteiger charge is 2.29. The van der Waals surface area contributed by atoms with E-state index in [4.69, 9.17) is 10.4 Å². The summed E-state index contributed by atoms with van der Waals surface area (Å²) in [4.78, 5) is 36.3. The van der Waals surface area contributed by atoms with E-state index >= 15 is 0 Å². The number of allylic oxidation sites excluding steroid dienone is 4. The summed E-state index contributed by atoms with van der Waals surface area (Å²) in [5.74, 6) is -4.15. The summed E-state index contributed by atoms with van der Waals surface area (Å²) in [5, 5.41) is 22.1. The first-order chi connectivity index (χ1) is 20.8. The number of aliphatic hydroxyl groups is 1. The summed E-state index contributed by atoms with van der Waals surface area (Å²) < 4.78 is 42.1. The van der Waals surface area contributed by atoms with Crippen molar-refractivity contribution >= 4 is 29.8 Å². The second kappa shape index (κ2) is 15.0. The average molecular weight is 615 g/mol. The summed E-state index contributed by atoms with van der Waals surface area (Å²) in [7, 11) is 1.44. The van der Waals surface area contributed by atoms with Crippen LogP contribution in [-0.4, -0.2) is 64.4 Å². The van der Waals surface area contributed by atoms with Gasteiger partial charge in [-0.3, -0.25) is 14.7 Å². The summed E-state index contributed by atoms with van der Waals surface area (Å²) >= 11 is 0. The standard InChI is InChI=1S/C32H41F3N6O3/c1-7-18(3)27(36)16-40(6)32(44)39-31(41(17-42)15-22-11-25(34)26(35)13-24(22)33)38-29-12-23(20(5)21-9-10-21)28(14-30(29)43)37-19(4)8-2/h11-14,17-19,21,36,43H,7-10,15-16H2,1-6H3,(H,38,39,44)/b23-20+,36-27?,37-28-. The number of carbonyl (C=O) groups is 2. The molecule has 0 saturated heterocycles. The number of hydrogen-bond donors (Lipinski definition) is 3. The molecule has 1 aromatic rings. The Balaban J connectivity index is 2.06. The average Bonchev–Trinajstić information content (AvgIpc) is 3.84. The third-order valence-corrected chi connectivity index (χ3v) is 7.90. The molecule has 1 aromatic carbocycles. The Morgan fingerprint density at radius 2 is 1.80 bits per heavy atom. The first-order valence-electron chi connectivity index (χ1n) is 14.7. The topological polar surface area (TPSA) is 121 Å². The minimum Gasteiger partial charge on any atom is -0.506 e. The van der Waals surface area contributed by atoms with Crippen LogP contribution in [0, 0.1) is 34.7 Å². The Morgan fingerprint density at radius 1 is 1.14 bits per heavy atom. The fourth-order valence-corrected chi connectivity index (χ4v) is 4.38. The number of nitrogens with one attached hydrogen (secondary N) is 2. The van der Waals surface area contributed by atoms with Gasteiger partial charge in [0.25, 0.3) is 0 Å². The van der Waals surface area contributed by atoms with Gasteiger partial charge in [-0.15, -0.1) is 0 Å². The molecule has 2 atom stereocenters. The fraction of sp³-hybridized carbons (Fsp3) is 0.469. The third kappa shape index (κ3) is 8.67. The Morgan fingerprint density at radius 3 is 2.39 bits per heavy atom. The van der Waals surface area contributed by atoms with Crippen LogP contribution >= 0.6 is 0 Å². The van der Waals surface area contributed by atoms with Crippen molar-refractivity contribution in [3.8, 4) is 0 Å². The van der Waals surface area contributed by atoms with Gasteiger partial charge in [0.2, 0.25) is 12.4 Å². The molecule has 238 valence electrons. The largest absolute Gasteiger partial charge is 0.506 e. The quantitative estimate of drug-likeness (QED) is 0.115. The highest BCUT2D eigenvalue weighted by molar-refractivity contribution is 6.13. The van der Waals surface area contributed by atoms with Crippen LogP contribution in [0.4, 0.5) is 18.0 Å². The van der Waals surface area contributed by atoms with Crippen LogP contribution < -0.4 is 5.32 Å². The van der Waals surface area contributed by atoms with Gasteiger partial charge >= 0.3 is 6.03 Å². The van der Waals surface area contributed by atoms with Crippen molar-refractivity contribution in [3.63, 3.8) is 0 Å². The number of nitrogens with zero attached hydrogens (tertiary/aromatic N) is 4. The predicted octanol–water partition coefficient (Wildman–Crippen LogP) is 6.43. The van der Waals surface area contributed by atoms with Crippen LogP contribution in [-0.2, 0) is 11.3 Å². The molecule has 0 radical (unpaired) electrons. The van der Waals surface area contributed by atoms with Gasteiger partial charge in [0.1, 0.15) is 11.6 Å². The molecular formula is C32H41F3N6O3. The predicted molar refractivity (Wildman–Crippen MR) is 165 cm³/mol. The van der Waals surface area contributed by atoms with Crippen molar-refractivity contribution in [1.29, 1.82) is 5.41 Å². The molecular weight excluding hydrogens is 573 g/mol. The zero-order valence-corrected chi connectivity index (χ0v) is 26.0. The first kappa shape index (κ1) is 34.3. The molecule has 3 rings (SSSR count). The number of carbonyl (C=O) groups excluding carboxylic acids is 2.